The lowest BCUT2D eigenvalue weighted by atomic mass is 10.1. The van der Waals surface area contributed by atoms with Gasteiger partial charge in [-0.2, -0.15) is 0 Å². The van der Waals surface area contributed by atoms with Crippen LogP contribution in [0.5, 0.6) is 0 Å². The first-order valence-corrected chi connectivity index (χ1v) is 9.45. The molecule has 1 heterocycles. The number of carbonyl (C=O) groups is 1. The molecule has 2 rings (SSSR count). The quantitative estimate of drug-likeness (QED) is 0.805. The Morgan fingerprint density at radius 1 is 1.09 bits per heavy atom. The summed E-state index contributed by atoms with van der Waals surface area (Å²) in [6.45, 7) is 6.47. The molecule has 0 bridgehead atoms. The fourth-order valence-corrected chi connectivity index (χ4v) is 4.32. The maximum atomic E-state index is 12.3. The molecule has 6 heteroatoms. The summed E-state index contributed by atoms with van der Waals surface area (Å²) in [5.74, 6) is -0.00817. The van der Waals surface area contributed by atoms with Gasteiger partial charge in [-0.1, -0.05) is 12.1 Å². The molecule has 1 saturated heterocycles. The van der Waals surface area contributed by atoms with E-state index in [0.29, 0.717) is 31.7 Å². The van der Waals surface area contributed by atoms with Crippen molar-refractivity contribution >= 4 is 15.9 Å². The molecule has 0 N–H and O–H groups in total. The van der Waals surface area contributed by atoms with Crippen LogP contribution in [0.1, 0.15) is 42.6 Å². The predicted octanol–water partition coefficient (Wildman–Crippen LogP) is 2.09. The van der Waals surface area contributed by atoms with Gasteiger partial charge in [-0.05, 0) is 44.4 Å². The molecule has 1 aliphatic heterocycles. The van der Waals surface area contributed by atoms with Crippen LogP contribution >= 0.6 is 0 Å². The molecular weight excluding hydrogens is 300 g/mol. The highest BCUT2D eigenvalue weighted by molar-refractivity contribution is 7.88. The second-order valence-corrected chi connectivity index (χ2v) is 7.51. The molecule has 1 aromatic rings. The van der Waals surface area contributed by atoms with E-state index in [1.165, 1.54) is 0 Å². The molecule has 1 fully saturated rings. The molecule has 0 aromatic heterocycles. The Labute approximate surface area is 133 Å². The molecule has 122 valence electrons. The zero-order valence-electron chi connectivity index (χ0n) is 13.3. The number of sulfonamides is 1. The van der Waals surface area contributed by atoms with E-state index in [1.54, 1.807) is 33.5 Å². The largest absolute Gasteiger partial charge is 0.339 e. The van der Waals surface area contributed by atoms with Gasteiger partial charge >= 0.3 is 0 Å². The van der Waals surface area contributed by atoms with Crippen LogP contribution in [0.15, 0.2) is 24.3 Å². The van der Waals surface area contributed by atoms with E-state index in [1.807, 2.05) is 13.8 Å². The minimum atomic E-state index is -3.23. The zero-order valence-corrected chi connectivity index (χ0v) is 14.1. The van der Waals surface area contributed by atoms with Crippen LogP contribution in [0.3, 0.4) is 0 Å². The maximum absolute atomic E-state index is 12.3. The highest BCUT2D eigenvalue weighted by Crippen LogP contribution is 2.18. The van der Waals surface area contributed by atoms with Crippen molar-refractivity contribution in [2.45, 2.75) is 32.4 Å². The number of hydrogen-bond acceptors (Lipinski definition) is 3. The molecule has 0 aliphatic carbocycles. The Morgan fingerprint density at radius 3 is 2.14 bits per heavy atom. The van der Waals surface area contributed by atoms with Gasteiger partial charge in [-0.25, -0.2) is 12.7 Å². The lowest BCUT2D eigenvalue weighted by Gasteiger charge is -2.19. The predicted molar refractivity (Wildman–Crippen MR) is 87.1 cm³/mol. The van der Waals surface area contributed by atoms with Gasteiger partial charge in [0.2, 0.25) is 10.0 Å². The molecule has 22 heavy (non-hydrogen) atoms. The van der Waals surface area contributed by atoms with Crippen molar-refractivity contribution in [1.82, 2.24) is 9.21 Å². The fourth-order valence-electron chi connectivity index (χ4n) is 2.71. The van der Waals surface area contributed by atoms with E-state index < -0.39 is 10.0 Å². The molecule has 0 atom stereocenters. The first-order valence-electron chi connectivity index (χ1n) is 7.84. The standard InChI is InChI=1S/C16H24N2O3S/c1-3-17(4-2)16(19)15-9-7-14(8-10-15)13-22(20,21)18-11-5-6-12-18/h7-10H,3-6,11-13H2,1-2H3. The SMILES string of the molecule is CCN(CC)C(=O)c1ccc(CS(=O)(=O)N2CCCC2)cc1. The second kappa shape index (κ2) is 7.24. The van der Waals surface area contributed by atoms with Crippen molar-refractivity contribution in [2.24, 2.45) is 0 Å². The summed E-state index contributed by atoms with van der Waals surface area (Å²) in [5.41, 5.74) is 1.33. The van der Waals surface area contributed by atoms with E-state index in [-0.39, 0.29) is 11.7 Å². The summed E-state index contributed by atoms with van der Waals surface area (Å²) in [4.78, 5) is 14.0. The van der Waals surface area contributed by atoms with Crippen LogP contribution in [0.2, 0.25) is 0 Å². The van der Waals surface area contributed by atoms with E-state index in [2.05, 4.69) is 0 Å². The van der Waals surface area contributed by atoms with Crippen LogP contribution in [0, 0.1) is 0 Å². The Morgan fingerprint density at radius 2 is 1.64 bits per heavy atom. The summed E-state index contributed by atoms with van der Waals surface area (Å²) in [5, 5.41) is 0. The van der Waals surface area contributed by atoms with Crippen molar-refractivity contribution in [3.05, 3.63) is 35.4 Å². The lowest BCUT2D eigenvalue weighted by molar-refractivity contribution is 0.0773. The van der Waals surface area contributed by atoms with Crippen LogP contribution < -0.4 is 0 Å². The third-order valence-electron chi connectivity index (χ3n) is 4.06. The number of carbonyl (C=O) groups excluding carboxylic acids is 1. The van der Waals surface area contributed by atoms with Gasteiger partial charge in [-0.15, -0.1) is 0 Å². The molecular formula is C16H24N2O3S. The van der Waals surface area contributed by atoms with Crippen LogP contribution in [-0.2, 0) is 15.8 Å². The molecule has 1 aliphatic rings. The average Bonchev–Trinajstić information content (AvgIpc) is 3.04. The Hall–Kier alpha value is -1.40. The van der Waals surface area contributed by atoms with E-state index in [9.17, 15) is 13.2 Å². The average molecular weight is 324 g/mol. The lowest BCUT2D eigenvalue weighted by Crippen LogP contribution is -2.30. The van der Waals surface area contributed by atoms with E-state index in [0.717, 1.165) is 18.4 Å². The second-order valence-electron chi connectivity index (χ2n) is 5.54. The molecule has 1 amide bonds. The molecule has 0 spiro atoms. The van der Waals surface area contributed by atoms with Crippen molar-refractivity contribution in [2.75, 3.05) is 26.2 Å². The molecule has 5 nitrogen and oxygen atoms in total. The van der Waals surface area contributed by atoms with Gasteiger partial charge < -0.3 is 4.90 Å². The first kappa shape index (κ1) is 17.0. The summed E-state index contributed by atoms with van der Waals surface area (Å²) in [7, 11) is -3.23. The summed E-state index contributed by atoms with van der Waals surface area (Å²) in [6, 6.07) is 6.92. The topological polar surface area (TPSA) is 57.7 Å². The van der Waals surface area contributed by atoms with Gasteiger partial charge in [0, 0.05) is 31.7 Å². The molecule has 0 radical (unpaired) electrons. The van der Waals surface area contributed by atoms with Gasteiger partial charge in [0.25, 0.3) is 5.91 Å². The van der Waals surface area contributed by atoms with Crippen molar-refractivity contribution in [3.63, 3.8) is 0 Å². The number of amides is 1. The van der Waals surface area contributed by atoms with Gasteiger partial charge in [0.1, 0.15) is 0 Å². The number of nitrogens with zero attached hydrogens (tertiary/aromatic N) is 2. The van der Waals surface area contributed by atoms with Crippen LogP contribution in [0.4, 0.5) is 0 Å². The van der Waals surface area contributed by atoms with Gasteiger partial charge in [0.05, 0.1) is 5.75 Å². The third kappa shape index (κ3) is 3.87. The highest BCUT2D eigenvalue weighted by atomic mass is 32.2. The van der Waals surface area contributed by atoms with E-state index in [4.69, 9.17) is 0 Å². The smallest absolute Gasteiger partial charge is 0.253 e. The molecule has 0 saturated carbocycles. The van der Waals surface area contributed by atoms with Crippen molar-refractivity contribution < 1.29 is 13.2 Å². The van der Waals surface area contributed by atoms with Gasteiger partial charge in [-0.3, -0.25) is 4.79 Å². The summed E-state index contributed by atoms with van der Waals surface area (Å²) < 4.78 is 26.1. The number of hydrogen-bond donors (Lipinski definition) is 0. The fraction of sp³-hybridized carbons (Fsp3) is 0.562. The van der Waals surface area contributed by atoms with E-state index >= 15 is 0 Å². The third-order valence-corrected chi connectivity index (χ3v) is 5.91. The van der Waals surface area contributed by atoms with Crippen molar-refractivity contribution in [1.29, 1.82) is 0 Å². The van der Waals surface area contributed by atoms with Crippen LogP contribution in [0.25, 0.3) is 0 Å². The Kier molecular flexibility index (Phi) is 5.58. The monoisotopic (exact) mass is 324 g/mol. The summed E-state index contributed by atoms with van der Waals surface area (Å²) in [6.07, 6.45) is 1.88. The Balaban J connectivity index is 2.07. The maximum Gasteiger partial charge on any atom is 0.253 e. The summed E-state index contributed by atoms with van der Waals surface area (Å²) >= 11 is 0. The van der Waals surface area contributed by atoms with Gasteiger partial charge in [0.15, 0.2) is 0 Å². The minimum Gasteiger partial charge on any atom is -0.339 e. The minimum absolute atomic E-state index is 0.00669. The zero-order chi connectivity index (χ0) is 16.2. The first-order chi connectivity index (χ1) is 10.5. The number of rotatable bonds is 6. The van der Waals surface area contributed by atoms with Crippen LogP contribution in [-0.4, -0.2) is 49.7 Å². The normalized spacial score (nSPS) is 15.9. The molecule has 0 unspecified atom stereocenters. The Bertz CT molecular complexity index is 601. The van der Waals surface area contributed by atoms with Crippen molar-refractivity contribution in [3.8, 4) is 0 Å². The number of benzene rings is 1. The highest BCUT2D eigenvalue weighted by Gasteiger charge is 2.25. The molecule has 1 aromatic carbocycles.